The maximum Gasteiger partial charge on any atom is 0.416 e. The molecule has 0 fully saturated rings. The van der Waals surface area contributed by atoms with Gasteiger partial charge in [0.15, 0.2) is 0 Å². The van der Waals surface area contributed by atoms with E-state index in [4.69, 9.17) is 0 Å². The Morgan fingerprint density at radius 2 is 1.76 bits per heavy atom. The molecule has 5 heteroatoms. The summed E-state index contributed by atoms with van der Waals surface area (Å²) >= 11 is 0. The summed E-state index contributed by atoms with van der Waals surface area (Å²) in [7, 11) is 0. The lowest BCUT2D eigenvalue weighted by molar-refractivity contribution is -0.138. The van der Waals surface area contributed by atoms with E-state index in [1.54, 1.807) is 18.5 Å². The lowest BCUT2D eigenvalue weighted by Gasteiger charge is -2.22. The van der Waals surface area contributed by atoms with E-state index < -0.39 is 11.7 Å². The molecule has 1 aromatic heterocycles. The summed E-state index contributed by atoms with van der Waals surface area (Å²) < 4.78 is 39.5. The summed E-state index contributed by atoms with van der Waals surface area (Å²) in [5.74, 6) is 0. The van der Waals surface area contributed by atoms with Crippen LogP contribution >= 0.6 is 0 Å². The Morgan fingerprint density at radius 1 is 1.10 bits per heavy atom. The highest BCUT2D eigenvalue weighted by Gasteiger charge is 2.34. The van der Waals surface area contributed by atoms with Crippen molar-refractivity contribution in [3.63, 3.8) is 0 Å². The van der Waals surface area contributed by atoms with E-state index in [1.807, 2.05) is 19.1 Å². The number of rotatable bonds is 5. The average molecular weight is 294 g/mol. The van der Waals surface area contributed by atoms with Crippen LogP contribution < -0.4 is 5.32 Å². The molecule has 1 unspecified atom stereocenters. The van der Waals surface area contributed by atoms with E-state index in [2.05, 4.69) is 10.3 Å². The van der Waals surface area contributed by atoms with E-state index >= 15 is 0 Å². The topological polar surface area (TPSA) is 24.9 Å². The third-order valence-electron chi connectivity index (χ3n) is 3.28. The number of pyridine rings is 1. The zero-order chi connectivity index (χ0) is 15.3. The molecule has 2 rings (SSSR count). The number of likely N-dealkylation sites (N-methyl/N-ethyl adjacent to an activating group) is 1. The van der Waals surface area contributed by atoms with Gasteiger partial charge in [-0.2, -0.15) is 13.2 Å². The molecule has 1 N–H and O–H groups in total. The molecule has 0 amide bonds. The summed E-state index contributed by atoms with van der Waals surface area (Å²) in [6.45, 7) is 2.48. The summed E-state index contributed by atoms with van der Waals surface area (Å²) in [6.07, 6.45) is -0.562. The van der Waals surface area contributed by atoms with Gasteiger partial charge in [0, 0.05) is 18.4 Å². The maximum absolute atomic E-state index is 13.2. The van der Waals surface area contributed by atoms with Crippen LogP contribution in [-0.2, 0) is 12.6 Å². The number of hydrogen-bond acceptors (Lipinski definition) is 2. The summed E-state index contributed by atoms with van der Waals surface area (Å²) in [6, 6.07) is 8.99. The quantitative estimate of drug-likeness (QED) is 0.901. The smallest absolute Gasteiger partial charge is 0.310 e. The first-order valence-corrected chi connectivity index (χ1v) is 6.80. The molecule has 0 radical (unpaired) electrons. The Bertz CT molecular complexity index is 567. The highest BCUT2D eigenvalue weighted by Crippen LogP contribution is 2.35. The van der Waals surface area contributed by atoms with Crippen molar-refractivity contribution in [1.29, 1.82) is 0 Å². The molecular weight excluding hydrogens is 277 g/mol. The van der Waals surface area contributed by atoms with Gasteiger partial charge in [-0.15, -0.1) is 0 Å². The molecule has 21 heavy (non-hydrogen) atoms. The fourth-order valence-electron chi connectivity index (χ4n) is 2.35. The van der Waals surface area contributed by atoms with Gasteiger partial charge in [0.2, 0.25) is 0 Å². The van der Waals surface area contributed by atoms with Crippen LogP contribution in [0.25, 0.3) is 0 Å². The van der Waals surface area contributed by atoms with Gasteiger partial charge in [-0.25, -0.2) is 0 Å². The number of halogens is 3. The van der Waals surface area contributed by atoms with Crippen LogP contribution in [0.1, 0.15) is 29.7 Å². The van der Waals surface area contributed by atoms with Crippen LogP contribution in [0.15, 0.2) is 48.8 Å². The molecule has 1 heterocycles. The van der Waals surface area contributed by atoms with Crippen LogP contribution in [0.2, 0.25) is 0 Å². The molecule has 112 valence electrons. The molecule has 0 spiro atoms. The second-order valence-electron chi connectivity index (χ2n) is 4.75. The Morgan fingerprint density at radius 3 is 2.38 bits per heavy atom. The van der Waals surface area contributed by atoms with Crippen LogP contribution in [0, 0.1) is 0 Å². The number of hydrogen-bond donors (Lipinski definition) is 1. The highest BCUT2D eigenvalue weighted by atomic mass is 19.4. The van der Waals surface area contributed by atoms with Crippen LogP contribution in [-0.4, -0.2) is 11.5 Å². The Balaban J connectivity index is 2.35. The van der Waals surface area contributed by atoms with Crippen molar-refractivity contribution in [3.05, 3.63) is 65.5 Å². The molecule has 0 saturated heterocycles. The van der Waals surface area contributed by atoms with Gasteiger partial charge in [-0.1, -0.05) is 25.1 Å². The van der Waals surface area contributed by atoms with Gasteiger partial charge in [0.25, 0.3) is 0 Å². The number of nitrogens with zero attached hydrogens (tertiary/aromatic N) is 1. The van der Waals surface area contributed by atoms with Gasteiger partial charge in [-0.3, -0.25) is 4.98 Å². The van der Waals surface area contributed by atoms with E-state index in [0.717, 1.165) is 11.6 Å². The number of aromatic nitrogens is 1. The van der Waals surface area contributed by atoms with Crippen LogP contribution in [0.4, 0.5) is 13.2 Å². The summed E-state index contributed by atoms with van der Waals surface area (Å²) in [4.78, 5) is 3.93. The first kappa shape index (κ1) is 15.5. The minimum absolute atomic E-state index is 0.281. The van der Waals surface area contributed by atoms with Crippen molar-refractivity contribution < 1.29 is 13.2 Å². The summed E-state index contributed by atoms with van der Waals surface area (Å²) in [5, 5.41) is 3.14. The highest BCUT2D eigenvalue weighted by molar-refractivity contribution is 5.33. The first-order valence-electron chi connectivity index (χ1n) is 6.80. The van der Waals surface area contributed by atoms with Gasteiger partial charge >= 0.3 is 6.18 Å². The SMILES string of the molecule is CCNC(Cc1ccncc1)c1ccccc1C(F)(F)F. The van der Waals surface area contributed by atoms with Crippen LogP contribution in [0.3, 0.4) is 0 Å². The predicted molar refractivity (Wildman–Crippen MR) is 75.8 cm³/mol. The van der Waals surface area contributed by atoms with Crippen molar-refractivity contribution in [2.75, 3.05) is 6.54 Å². The molecular formula is C16H17F3N2. The molecule has 1 atom stereocenters. The monoisotopic (exact) mass is 294 g/mol. The molecule has 2 aromatic rings. The fraction of sp³-hybridized carbons (Fsp3) is 0.312. The largest absolute Gasteiger partial charge is 0.416 e. The zero-order valence-corrected chi connectivity index (χ0v) is 11.7. The Hall–Kier alpha value is -1.88. The van der Waals surface area contributed by atoms with Crippen molar-refractivity contribution in [3.8, 4) is 0 Å². The normalized spacial score (nSPS) is 13.1. The standard InChI is InChI=1S/C16H17F3N2/c1-2-21-15(11-12-7-9-20-10-8-12)13-5-3-4-6-14(13)16(17,18)19/h3-10,15,21H,2,11H2,1H3. The molecule has 2 nitrogen and oxygen atoms in total. The Labute approximate surface area is 122 Å². The van der Waals surface area contributed by atoms with Gasteiger partial charge < -0.3 is 5.32 Å². The molecule has 0 aliphatic rings. The van der Waals surface area contributed by atoms with Gasteiger partial charge in [0.05, 0.1) is 5.56 Å². The first-order chi connectivity index (χ1) is 10.0. The van der Waals surface area contributed by atoms with E-state index in [1.165, 1.54) is 12.1 Å². The molecule has 1 aromatic carbocycles. The maximum atomic E-state index is 13.2. The number of alkyl halides is 3. The van der Waals surface area contributed by atoms with Crippen molar-refractivity contribution >= 4 is 0 Å². The minimum Gasteiger partial charge on any atom is -0.310 e. The molecule has 0 aliphatic carbocycles. The third kappa shape index (κ3) is 4.04. The lowest BCUT2D eigenvalue weighted by Crippen LogP contribution is -2.25. The lowest BCUT2D eigenvalue weighted by atomic mass is 9.95. The van der Waals surface area contributed by atoms with Crippen molar-refractivity contribution in [2.24, 2.45) is 0 Å². The number of benzene rings is 1. The summed E-state index contributed by atoms with van der Waals surface area (Å²) in [5.41, 5.74) is 0.654. The average Bonchev–Trinajstić information content (AvgIpc) is 2.47. The van der Waals surface area contributed by atoms with Crippen molar-refractivity contribution in [1.82, 2.24) is 10.3 Å². The van der Waals surface area contributed by atoms with E-state index in [0.29, 0.717) is 13.0 Å². The molecule has 0 saturated carbocycles. The third-order valence-corrected chi connectivity index (χ3v) is 3.28. The predicted octanol–water partition coefficient (Wildman–Crippen LogP) is 3.99. The van der Waals surface area contributed by atoms with Crippen molar-refractivity contribution in [2.45, 2.75) is 25.6 Å². The minimum atomic E-state index is -4.34. The Kier molecular flexibility index (Phi) is 4.96. The molecule has 0 aliphatic heterocycles. The zero-order valence-electron chi connectivity index (χ0n) is 11.7. The second-order valence-corrected chi connectivity index (χ2v) is 4.75. The number of nitrogens with one attached hydrogen (secondary N) is 1. The van der Waals surface area contributed by atoms with Gasteiger partial charge in [0.1, 0.15) is 0 Å². The van der Waals surface area contributed by atoms with Gasteiger partial charge in [-0.05, 0) is 42.3 Å². The van der Waals surface area contributed by atoms with E-state index in [9.17, 15) is 13.2 Å². The second kappa shape index (κ2) is 6.72. The molecule has 0 bridgehead atoms. The van der Waals surface area contributed by atoms with Crippen LogP contribution in [0.5, 0.6) is 0 Å². The fourth-order valence-corrected chi connectivity index (χ4v) is 2.35. The van der Waals surface area contributed by atoms with E-state index in [-0.39, 0.29) is 11.6 Å².